The summed E-state index contributed by atoms with van der Waals surface area (Å²) in [5.74, 6) is 0.341. The number of halogens is 1. The second-order valence-electron chi connectivity index (χ2n) is 3.86. The molecule has 5 heteroatoms. The van der Waals surface area contributed by atoms with E-state index in [0.717, 1.165) is 11.1 Å². The molecule has 1 aromatic carbocycles. The van der Waals surface area contributed by atoms with E-state index in [1.54, 1.807) is 7.11 Å². The molecule has 0 aliphatic carbocycles. The van der Waals surface area contributed by atoms with Crippen LogP contribution >= 0.6 is 15.9 Å². The highest BCUT2D eigenvalue weighted by atomic mass is 79.9. The summed E-state index contributed by atoms with van der Waals surface area (Å²) < 4.78 is 11.8. The van der Waals surface area contributed by atoms with Crippen molar-refractivity contribution < 1.29 is 19.1 Å². The second kappa shape index (κ2) is 16.1. The van der Waals surface area contributed by atoms with Crippen LogP contribution in [0.4, 0.5) is 0 Å². The van der Waals surface area contributed by atoms with Gasteiger partial charge in [0.2, 0.25) is 0 Å². The first-order valence-electron chi connectivity index (χ1n) is 6.91. The Kier molecular flexibility index (Phi) is 16.8. The van der Waals surface area contributed by atoms with Crippen LogP contribution in [0.25, 0.3) is 5.57 Å². The maximum Gasteiger partial charge on any atom is 0.106 e. The maximum atomic E-state index is 8.00. The lowest BCUT2D eigenvalue weighted by Crippen LogP contribution is -2.21. The summed E-state index contributed by atoms with van der Waals surface area (Å²) in [6.45, 7) is 10.1. The van der Waals surface area contributed by atoms with Crippen LogP contribution in [0.1, 0.15) is 19.4 Å². The van der Waals surface area contributed by atoms with E-state index in [9.17, 15) is 0 Å². The lowest BCUT2D eigenvalue weighted by atomic mass is 9.92. The van der Waals surface area contributed by atoms with Crippen molar-refractivity contribution in [2.75, 3.05) is 26.9 Å². The van der Waals surface area contributed by atoms with E-state index in [0.29, 0.717) is 19.1 Å². The average molecular weight is 373 g/mol. The minimum Gasteiger partial charge on any atom is -0.384 e. The molecule has 0 spiro atoms. The van der Waals surface area contributed by atoms with Gasteiger partial charge in [-0.15, -0.1) is 0 Å². The van der Waals surface area contributed by atoms with Crippen molar-refractivity contribution in [3.8, 4) is 0 Å². The molecule has 1 aliphatic heterocycles. The van der Waals surface area contributed by atoms with Gasteiger partial charge in [-0.3, -0.25) is 0 Å². The zero-order valence-corrected chi connectivity index (χ0v) is 15.1. The summed E-state index contributed by atoms with van der Waals surface area (Å²) >= 11 is 3.50. The van der Waals surface area contributed by atoms with E-state index in [1.165, 1.54) is 11.1 Å². The monoisotopic (exact) mass is 372 g/mol. The first kappa shape index (κ1) is 23.0. The Balaban J connectivity index is 0. The van der Waals surface area contributed by atoms with Crippen molar-refractivity contribution in [2.45, 2.75) is 13.8 Å². The molecule has 0 saturated heterocycles. The first-order valence-corrected chi connectivity index (χ1v) is 7.71. The zero-order valence-electron chi connectivity index (χ0n) is 13.5. The predicted octanol–water partition coefficient (Wildman–Crippen LogP) is 3.78. The standard InChI is InChI=1S/C13H15BrO2.C2H6.2CH2O/c1-15-8-11-9-16-6-5-13(11)10-3-2-4-12(14)7-10;3*1-2/h2-5,7,11H,6,8-9H2,1H3;1-2H3;2*1H2. The lowest BCUT2D eigenvalue weighted by molar-refractivity contribution is -0.0987. The van der Waals surface area contributed by atoms with Crippen LogP contribution in [0.5, 0.6) is 0 Å². The van der Waals surface area contributed by atoms with Crippen LogP contribution < -0.4 is 0 Å². The van der Waals surface area contributed by atoms with Gasteiger partial charge in [0, 0.05) is 17.5 Å². The molecule has 1 aliphatic rings. The largest absolute Gasteiger partial charge is 0.384 e. The molecule has 1 aromatic rings. The maximum absolute atomic E-state index is 8.00. The molecule has 0 bridgehead atoms. The number of hydrogen-bond donors (Lipinski definition) is 0. The molecule has 0 aromatic heterocycles. The van der Waals surface area contributed by atoms with Crippen molar-refractivity contribution in [3.05, 3.63) is 40.4 Å². The predicted molar refractivity (Wildman–Crippen MR) is 93.9 cm³/mol. The van der Waals surface area contributed by atoms with E-state index in [2.05, 4.69) is 40.2 Å². The summed E-state index contributed by atoms with van der Waals surface area (Å²) in [6.07, 6.45) is 2.15. The number of carbonyl (C=O) groups is 2. The molecule has 0 fully saturated rings. The van der Waals surface area contributed by atoms with Crippen LogP contribution in [0.15, 0.2) is 34.8 Å². The van der Waals surface area contributed by atoms with Crippen molar-refractivity contribution >= 4 is 35.1 Å². The third-order valence-electron chi connectivity index (χ3n) is 2.71. The van der Waals surface area contributed by atoms with Crippen LogP contribution in [0, 0.1) is 5.92 Å². The van der Waals surface area contributed by atoms with Crippen molar-refractivity contribution in [2.24, 2.45) is 5.92 Å². The molecular formula is C17H25BrO4. The Morgan fingerprint density at radius 3 is 2.45 bits per heavy atom. The molecule has 1 heterocycles. The van der Waals surface area contributed by atoms with Crippen LogP contribution in [0.3, 0.4) is 0 Å². The quantitative estimate of drug-likeness (QED) is 0.809. The molecule has 2 rings (SSSR count). The van der Waals surface area contributed by atoms with Crippen molar-refractivity contribution in [3.63, 3.8) is 0 Å². The highest BCUT2D eigenvalue weighted by Crippen LogP contribution is 2.28. The lowest BCUT2D eigenvalue weighted by Gasteiger charge is -2.24. The van der Waals surface area contributed by atoms with Crippen LogP contribution in [-0.2, 0) is 19.1 Å². The van der Waals surface area contributed by atoms with Gasteiger partial charge in [0.15, 0.2) is 0 Å². The fourth-order valence-electron chi connectivity index (χ4n) is 1.98. The molecule has 124 valence electrons. The SMILES string of the molecule is C=O.C=O.CC.COCC1COCC=C1c1cccc(Br)c1. The fraction of sp³-hybridized carbons (Fsp3) is 0.412. The second-order valence-corrected chi connectivity index (χ2v) is 4.78. The van der Waals surface area contributed by atoms with Gasteiger partial charge in [-0.25, -0.2) is 0 Å². The van der Waals surface area contributed by atoms with Gasteiger partial charge in [0.25, 0.3) is 0 Å². The molecule has 0 saturated carbocycles. The van der Waals surface area contributed by atoms with E-state index < -0.39 is 0 Å². The summed E-state index contributed by atoms with van der Waals surface area (Å²) in [6, 6.07) is 8.36. The highest BCUT2D eigenvalue weighted by molar-refractivity contribution is 9.10. The molecule has 1 atom stereocenters. The van der Waals surface area contributed by atoms with Gasteiger partial charge in [-0.2, -0.15) is 0 Å². The smallest absolute Gasteiger partial charge is 0.106 e. The summed E-state index contributed by atoms with van der Waals surface area (Å²) in [4.78, 5) is 16.0. The fourth-order valence-corrected chi connectivity index (χ4v) is 2.38. The van der Waals surface area contributed by atoms with E-state index in [1.807, 2.05) is 33.5 Å². The molecular weight excluding hydrogens is 348 g/mol. The van der Waals surface area contributed by atoms with Gasteiger partial charge in [-0.05, 0) is 23.3 Å². The number of hydrogen-bond acceptors (Lipinski definition) is 4. The van der Waals surface area contributed by atoms with E-state index in [-0.39, 0.29) is 0 Å². The van der Waals surface area contributed by atoms with Crippen LogP contribution in [-0.4, -0.2) is 40.5 Å². The minimum atomic E-state index is 0.341. The third-order valence-corrected chi connectivity index (χ3v) is 3.20. The summed E-state index contributed by atoms with van der Waals surface area (Å²) in [5, 5.41) is 0. The molecule has 0 amide bonds. The number of methoxy groups -OCH3 is 1. The molecule has 0 radical (unpaired) electrons. The van der Waals surface area contributed by atoms with Crippen molar-refractivity contribution in [1.82, 2.24) is 0 Å². The van der Waals surface area contributed by atoms with Gasteiger partial charge in [0.05, 0.1) is 19.8 Å². The Hall–Kier alpha value is -1.30. The Bertz CT molecular complexity index is 419. The number of carbonyl (C=O) groups excluding carboxylic acids is 2. The van der Waals surface area contributed by atoms with Gasteiger partial charge in [0.1, 0.15) is 13.6 Å². The van der Waals surface area contributed by atoms with Gasteiger partial charge < -0.3 is 19.1 Å². The number of rotatable bonds is 3. The molecule has 0 N–H and O–H groups in total. The molecule has 4 nitrogen and oxygen atoms in total. The van der Waals surface area contributed by atoms with Gasteiger partial charge in [-0.1, -0.05) is 48.0 Å². The third kappa shape index (κ3) is 8.22. The summed E-state index contributed by atoms with van der Waals surface area (Å²) in [5.41, 5.74) is 2.58. The average Bonchev–Trinajstić information content (AvgIpc) is 2.61. The van der Waals surface area contributed by atoms with Gasteiger partial charge >= 0.3 is 0 Å². The topological polar surface area (TPSA) is 52.6 Å². The Morgan fingerprint density at radius 1 is 1.27 bits per heavy atom. The summed E-state index contributed by atoms with van der Waals surface area (Å²) in [7, 11) is 1.73. The Labute approximate surface area is 141 Å². The normalized spacial score (nSPS) is 15.6. The first-order chi connectivity index (χ1) is 10.8. The highest BCUT2D eigenvalue weighted by Gasteiger charge is 2.19. The number of ether oxygens (including phenoxy) is 2. The number of benzene rings is 1. The minimum absolute atomic E-state index is 0.341. The van der Waals surface area contributed by atoms with Crippen LogP contribution in [0.2, 0.25) is 0 Å². The van der Waals surface area contributed by atoms with E-state index in [4.69, 9.17) is 19.1 Å². The molecule has 1 unspecified atom stereocenters. The Morgan fingerprint density at radius 2 is 1.91 bits per heavy atom. The molecule has 22 heavy (non-hydrogen) atoms. The van der Waals surface area contributed by atoms with Crippen molar-refractivity contribution in [1.29, 1.82) is 0 Å². The zero-order chi connectivity index (χ0) is 17.4. The van der Waals surface area contributed by atoms with E-state index >= 15 is 0 Å².